The van der Waals surface area contributed by atoms with Crippen LogP contribution < -0.4 is 44.3 Å². The maximum Gasteiger partial charge on any atom is 0.131 e. The summed E-state index contributed by atoms with van der Waals surface area (Å²) in [5, 5.41) is 2.75. The van der Waals surface area contributed by atoms with Crippen LogP contribution >= 0.6 is 7.92 Å². The normalized spacial score (nSPS) is 11.8. The molecule has 0 saturated carbocycles. The monoisotopic (exact) mass is 610 g/mol. The Labute approximate surface area is 260 Å². The minimum atomic E-state index is -1.50. The summed E-state index contributed by atoms with van der Waals surface area (Å²) in [6.07, 6.45) is -0.378. The van der Waals surface area contributed by atoms with Crippen LogP contribution in [0.3, 0.4) is 0 Å². The first kappa shape index (κ1) is 34.4. The summed E-state index contributed by atoms with van der Waals surface area (Å²) in [5.41, 5.74) is 0. The van der Waals surface area contributed by atoms with Crippen molar-refractivity contribution >= 4 is 23.8 Å². The maximum absolute atomic E-state index is 6.55. The molecule has 0 atom stereocenters. The first-order valence-electron chi connectivity index (χ1n) is 15.5. The van der Waals surface area contributed by atoms with Crippen molar-refractivity contribution in [3.63, 3.8) is 0 Å². The zero-order valence-electron chi connectivity index (χ0n) is 28.1. The predicted octanol–water partition coefficient (Wildman–Crippen LogP) is 8.17. The Bertz CT molecular complexity index is 1070. The molecule has 0 amide bonds. The van der Waals surface area contributed by atoms with Crippen molar-refractivity contribution < 1.29 is 28.4 Å². The Morgan fingerprint density at radius 1 is 0.326 bits per heavy atom. The highest BCUT2D eigenvalue weighted by Gasteiger charge is 2.36. The third-order valence-electron chi connectivity index (χ3n) is 5.73. The Morgan fingerprint density at radius 2 is 0.488 bits per heavy atom. The lowest BCUT2D eigenvalue weighted by Crippen LogP contribution is -2.31. The summed E-state index contributed by atoms with van der Waals surface area (Å²) in [7, 11) is -1.50. The van der Waals surface area contributed by atoms with E-state index in [4.69, 9.17) is 28.4 Å². The molecule has 0 radical (unpaired) electrons. The zero-order valence-corrected chi connectivity index (χ0v) is 29.0. The molecule has 0 aliphatic heterocycles. The molecule has 3 aromatic carbocycles. The van der Waals surface area contributed by atoms with Crippen LogP contribution in [0.5, 0.6) is 34.5 Å². The minimum absolute atomic E-state index is 0.0630. The first-order valence-corrected chi connectivity index (χ1v) is 16.8. The quantitative estimate of drug-likeness (QED) is 0.162. The van der Waals surface area contributed by atoms with Crippen LogP contribution in [0.25, 0.3) is 0 Å². The van der Waals surface area contributed by atoms with E-state index in [9.17, 15) is 0 Å². The van der Waals surface area contributed by atoms with Gasteiger partial charge in [-0.2, -0.15) is 0 Å². The third-order valence-corrected chi connectivity index (χ3v) is 8.40. The fourth-order valence-corrected chi connectivity index (χ4v) is 7.35. The molecule has 0 bridgehead atoms. The molecule has 236 valence electrons. The Balaban J connectivity index is 2.62. The molecule has 6 nitrogen and oxygen atoms in total. The molecular weight excluding hydrogens is 559 g/mol. The summed E-state index contributed by atoms with van der Waals surface area (Å²) in [4.78, 5) is 0. The SMILES string of the molecule is CC(C)Oc1cccc(OC(C)C)c1P(c1c(OC(C)C)cccc1OC(C)C)c1c(OC(C)C)cccc1OC(C)C. The van der Waals surface area contributed by atoms with Gasteiger partial charge in [-0.1, -0.05) is 18.2 Å². The van der Waals surface area contributed by atoms with E-state index < -0.39 is 7.92 Å². The second-order valence-corrected chi connectivity index (χ2v) is 14.2. The highest BCUT2D eigenvalue weighted by atomic mass is 31.1. The number of benzene rings is 3. The maximum atomic E-state index is 6.55. The van der Waals surface area contributed by atoms with Crippen molar-refractivity contribution in [1.29, 1.82) is 0 Å². The summed E-state index contributed by atoms with van der Waals surface area (Å²) in [6, 6.07) is 18.0. The van der Waals surface area contributed by atoms with Crippen LogP contribution in [0.1, 0.15) is 83.1 Å². The van der Waals surface area contributed by atoms with Gasteiger partial charge in [0.25, 0.3) is 0 Å². The van der Waals surface area contributed by atoms with Gasteiger partial charge in [0.2, 0.25) is 0 Å². The molecule has 43 heavy (non-hydrogen) atoms. The first-order chi connectivity index (χ1) is 20.3. The molecule has 0 heterocycles. The lowest BCUT2D eigenvalue weighted by molar-refractivity contribution is 0.232. The number of hydrogen-bond donors (Lipinski definition) is 0. The molecule has 0 saturated heterocycles. The van der Waals surface area contributed by atoms with Crippen molar-refractivity contribution in [2.24, 2.45) is 0 Å². The smallest absolute Gasteiger partial charge is 0.131 e. The fourth-order valence-electron chi connectivity index (χ4n) is 4.60. The topological polar surface area (TPSA) is 55.4 Å². The van der Waals surface area contributed by atoms with Crippen LogP contribution in [-0.2, 0) is 0 Å². The van der Waals surface area contributed by atoms with E-state index in [2.05, 4.69) is 0 Å². The summed E-state index contributed by atoms with van der Waals surface area (Å²) >= 11 is 0. The third kappa shape index (κ3) is 9.44. The van der Waals surface area contributed by atoms with Crippen molar-refractivity contribution in [3.8, 4) is 34.5 Å². The predicted molar refractivity (Wildman–Crippen MR) is 180 cm³/mol. The second kappa shape index (κ2) is 15.6. The van der Waals surface area contributed by atoms with Gasteiger partial charge < -0.3 is 28.4 Å². The van der Waals surface area contributed by atoms with E-state index in [1.54, 1.807) is 0 Å². The molecule has 0 aliphatic rings. The van der Waals surface area contributed by atoms with Gasteiger partial charge in [-0.25, -0.2) is 0 Å². The van der Waals surface area contributed by atoms with Crippen molar-refractivity contribution in [3.05, 3.63) is 54.6 Å². The van der Waals surface area contributed by atoms with Crippen molar-refractivity contribution in [1.82, 2.24) is 0 Å². The van der Waals surface area contributed by atoms with Gasteiger partial charge in [-0.15, -0.1) is 0 Å². The molecule has 0 aromatic heterocycles. The molecule has 0 fully saturated rings. The Hall–Kier alpha value is -3.11. The lowest BCUT2D eigenvalue weighted by Gasteiger charge is -2.32. The van der Waals surface area contributed by atoms with Gasteiger partial charge in [-0.3, -0.25) is 0 Å². The number of rotatable bonds is 15. The van der Waals surface area contributed by atoms with Crippen LogP contribution in [-0.4, -0.2) is 36.6 Å². The molecule has 0 unspecified atom stereocenters. The Kier molecular flexibility index (Phi) is 12.4. The molecule has 0 N–H and O–H groups in total. The van der Waals surface area contributed by atoms with Crippen molar-refractivity contribution in [2.45, 2.75) is 120 Å². The van der Waals surface area contributed by atoms with E-state index in [1.165, 1.54) is 0 Å². The van der Waals surface area contributed by atoms with E-state index >= 15 is 0 Å². The van der Waals surface area contributed by atoms with Crippen LogP contribution in [0.15, 0.2) is 54.6 Å². The fraction of sp³-hybridized carbons (Fsp3) is 0.500. The van der Waals surface area contributed by atoms with Crippen LogP contribution in [0.2, 0.25) is 0 Å². The number of ether oxygens (including phenoxy) is 6. The van der Waals surface area contributed by atoms with Crippen LogP contribution in [0.4, 0.5) is 0 Å². The van der Waals surface area contributed by atoms with E-state index in [0.29, 0.717) is 0 Å². The summed E-state index contributed by atoms with van der Waals surface area (Å²) < 4.78 is 39.3. The molecule has 0 aliphatic carbocycles. The molecule has 7 heteroatoms. The largest absolute Gasteiger partial charge is 0.490 e. The Morgan fingerprint density at radius 3 is 0.628 bits per heavy atom. The zero-order chi connectivity index (χ0) is 31.8. The highest BCUT2D eigenvalue weighted by molar-refractivity contribution is 7.81. The van der Waals surface area contributed by atoms with Crippen molar-refractivity contribution in [2.75, 3.05) is 0 Å². The van der Waals surface area contributed by atoms with Gasteiger partial charge >= 0.3 is 0 Å². The van der Waals surface area contributed by atoms with E-state index in [1.807, 2.05) is 138 Å². The van der Waals surface area contributed by atoms with E-state index in [0.717, 1.165) is 50.4 Å². The van der Waals surface area contributed by atoms with Gasteiger partial charge in [0, 0.05) is 7.92 Å². The standard InChI is InChI=1S/C36H51O6P/c1-22(2)37-28-16-13-17-29(38-23(3)4)34(28)43(35-30(39-24(5)6)18-14-19-31(35)40-25(7)8)36-32(41-26(9)10)20-15-21-33(36)42-27(11)12/h13-27H,1-12H3. The number of hydrogen-bond acceptors (Lipinski definition) is 6. The minimum Gasteiger partial charge on any atom is -0.490 e. The average molecular weight is 611 g/mol. The molecular formula is C36H51O6P. The summed E-state index contributed by atoms with van der Waals surface area (Å²) in [6.45, 7) is 24.4. The highest BCUT2D eigenvalue weighted by Crippen LogP contribution is 2.50. The van der Waals surface area contributed by atoms with Gasteiger partial charge in [-0.05, 0) is 119 Å². The average Bonchev–Trinajstić information content (AvgIpc) is 2.86. The van der Waals surface area contributed by atoms with Gasteiger partial charge in [0.15, 0.2) is 0 Å². The van der Waals surface area contributed by atoms with Gasteiger partial charge in [0.1, 0.15) is 34.5 Å². The molecule has 3 aromatic rings. The van der Waals surface area contributed by atoms with Gasteiger partial charge in [0.05, 0.1) is 52.5 Å². The second-order valence-electron chi connectivity index (χ2n) is 12.1. The lowest BCUT2D eigenvalue weighted by atomic mass is 10.3. The van der Waals surface area contributed by atoms with E-state index in [-0.39, 0.29) is 36.6 Å². The summed E-state index contributed by atoms with van der Waals surface area (Å²) in [5.74, 6) is 4.44. The molecule has 3 rings (SSSR count). The molecule has 0 spiro atoms. The van der Waals surface area contributed by atoms with Crippen LogP contribution in [0, 0.1) is 0 Å².